The maximum Gasteiger partial charge on any atom is 0.206 e. The summed E-state index contributed by atoms with van der Waals surface area (Å²) < 4.78 is 0. The van der Waals surface area contributed by atoms with Gasteiger partial charge in [-0.05, 0) is 42.7 Å². The standard InChI is InChI=1S/C17H17N5O2/c1-11(23)13-4-2-12(3-5-13)10-14-8-9-18-15(14)6-7-16(24)17-19-21-22-20-17/h2-9,16,18,24H,10H2,1H3,(H,19,20,21,22). The van der Waals surface area contributed by atoms with Crippen LogP contribution in [0.1, 0.15) is 46.0 Å². The average Bonchev–Trinajstić information content (AvgIpc) is 3.25. The van der Waals surface area contributed by atoms with Crippen molar-refractivity contribution in [3.05, 3.63) is 70.8 Å². The number of carbonyl (C=O) groups excluding carboxylic acids is 1. The summed E-state index contributed by atoms with van der Waals surface area (Å²) in [6, 6.07) is 9.55. The number of aliphatic hydroxyl groups excluding tert-OH is 1. The van der Waals surface area contributed by atoms with Crippen LogP contribution in [0.4, 0.5) is 0 Å². The molecule has 2 aromatic heterocycles. The monoisotopic (exact) mass is 323 g/mol. The van der Waals surface area contributed by atoms with E-state index in [1.807, 2.05) is 36.5 Å². The highest BCUT2D eigenvalue weighted by atomic mass is 16.3. The van der Waals surface area contributed by atoms with E-state index < -0.39 is 6.10 Å². The summed E-state index contributed by atoms with van der Waals surface area (Å²) in [5.41, 5.74) is 3.79. The van der Waals surface area contributed by atoms with Gasteiger partial charge in [-0.15, -0.1) is 10.2 Å². The lowest BCUT2D eigenvalue weighted by atomic mass is 10.0. The molecule has 0 saturated heterocycles. The minimum Gasteiger partial charge on any atom is -0.381 e. The zero-order valence-corrected chi connectivity index (χ0v) is 13.1. The predicted octanol–water partition coefficient (Wildman–Crippen LogP) is 2.07. The van der Waals surface area contributed by atoms with E-state index in [0.29, 0.717) is 5.56 Å². The van der Waals surface area contributed by atoms with Gasteiger partial charge in [0, 0.05) is 17.5 Å². The molecule has 0 aliphatic carbocycles. The van der Waals surface area contributed by atoms with Crippen molar-refractivity contribution in [1.29, 1.82) is 0 Å². The van der Waals surface area contributed by atoms with Gasteiger partial charge >= 0.3 is 0 Å². The minimum atomic E-state index is -0.922. The molecule has 3 N–H and O–H groups in total. The number of Topliss-reactive ketones (excluding diaryl/α,β-unsaturated/α-hetero) is 1. The Hall–Kier alpha value is -3.06. The van der Waals surface area contributed by atoms with E-state index in [0.717, 1.165) is 23.2 Å². The van der Waals surface area contributed by atoms with Gasteiger partial charge in [-0.1, -0.05) is 29.5 Å². The number of hydrogen-bond acceptors (Lipinski definition) is 5. The van der Waals surface area contributed by atoms with Gasteiger partial charge in [-0.3, -0.25) is 4.79 Å². The second-order valence-corrected chi connectivity index (χ2v) is 5.42. The van der Waals surface area contributed by atoms with Crippen molar-refractivity contribution in [1.82, 2.24) is 25.6 Å². The Labute approximate surface area is 138 Å². The van der Waals surface area contributed by atoms with Crippen molar-refractivity contribution in [2.75, 3.05) is 0 Å². The van der Waals surface area contributed by atoms with Crippen molar-refractivity contribution in [2.24, 2.45) is 0 Å². The molecule has 1 unspecified atom stereocenters. The van der Waals surface area contributed by atoms with Crippen LogP contribution in [0, 0.1) is 0 Å². The average molecular weight is 323 g/mol. The second kappa shape index (κ2) is 7.01. The van der Waals surface area contributed by atoms with Crippen molar-refractivity contribution in [2.45, 2.75) is 19.4 Å². The summed E-state index contributed by atoms with van der Waals surface area (Å²) in [6.45, 7) is 1.55. The molecule has 7 heteroatoms. The molecule has 0 saturated carbocycles. The van der Waals surface area contributed by atoms with Crippen LogP contribution >= 0.6 is 0 Å². The third-order valence-corrected chi connectivity index (χ3v) is 3.70. The smallest absolute Gasteiger partial charge is 0.206 e. The molecule has 3 aromatic rings. The van der Waals surface area contributed by atoms with Crippen molar-refractivity contribution in [3.8, 4) is 0 Å². The lowest BCUT2D eigenvalue weighted by Gasteiger charge is -2.03. The van der Waals surface area contributed by atoms with Crippen LogP contribution in [0.5, 0.6) is 0 Å². The first-order valence-electron chi connectivity index (χ1n) is 7.49. The number of hydrogen-bond donors (Lipinski definition) is 3. The molecule has 7 nitrogen and oxygen atoms in total. The zero-order valence-electron chi connectivity index (χ0n) is 13.1. The molecule has 0 aliphatic rings. The lowest BCUT2D eigenvalue weighted by Crippen LogP contribution is -1.96. The molecular weight excluding hydrogens is 306 g/mol. The summed E-state index contributed by atoms with van der Waals surface area (Å²) in [4.78, 5) is 14.5. The molecule has 3 rings (SSSR count). The molecule has 0 aliphatic heterocycles. The van der Waals surface area contributed by atoms with E-state index in [4.69, 9.17) is 0 Å². The molecule has 122 valence electrons. The van der Waals surface area contributed by atoms with Gasteiger partial charge in [0.25, 0.3) is 0 Å². The molecule has 1 aromatic carbocycles. The second-order valence-electron chi connectivity index (χ2n) is 5.42. The van der Waals surface area contributed by atoms with Crippen LogP contribution in [-0.2, 0) is 6.42 Å². The maximum absolute atomic E-state index is 11.3. The highest BCUT2D eigenvalue weighted by molar-refractivity contribution is 5.94. The number of nitrogens with one attached hydrogen (secondary N) is 2. The zero-order chi connectivity index (χ0) is 16.9. The first-order chi connectivity index (χ1) is 11.6. The van der Waals surface area contributed by atoms with E-state index in [1.165, 1.54) is 0 Å². The van der Waals surface area contributed by atoms with Gasteiger partial charge in [-0.2, -0.15) is 5.21 Å². The Balaban J connectivity index is 1.72. The third-order valence-electron chi connectivity index (χ3n) is 3.70. The number of nitrogens with zero attached hydrogens (tertiary/aromatic N) is 3. The van der Waals surface area contributed by atoms with Crippen molar-refractivity contribution < 1.29 is 9.90 Å². The van der Waals surface area contributed by atoms with Gasteiger partial charge in [0.1, 0.15) is 6.10 Å². The highest BCUT2D eigenvalue weighted by Gasteiger charge is 2.09. The van der Waals surface area contributed by atoms with E-state index in [9.17, 15) is 9.90 Å². The number of tetrazole rings is 1. The van der Waals surface area contributed by atoms with Crippen LogP contribution in [-0.4, -0.2) is 36.5 Å². The summed E-state index contributed by atoms with van der Waals surface area (Å²) >= 11 is 0. The number of rotatable bonds is 6. The fraction of sp³-hybridized carbons (Fsp3) is 0.176. The molecule has 0 radical (unpaired) electrons. The molecule has 0 fully saturated rings. The van der Waals surface area contributed by atoms with E-state index in [1.54, 1.807) is 19.1 Å². The number of H-pyrrole nitrogens is 2. The topological polar surface area (TPSA) is 108 Å². The Kier molecular flexibility index (Phi) is 4.62. The number of benzene rings is 1. The summed E-state index contributed by atoms with van der Waals surface area (Å²) in [7, 11) is 0. The molecular formula is C17H17N5O2. The molecule has 24 heavy (non-hydrogen) atoms. The Morgan fingerprint density at radius 1 is 1.29 bits per heavy atom. The van der Waals surface area contributed by atoms with Crippen molar-refractivity contribution >= 4 is 11.9 Å². The van der Waals surface area contributed by atoms with Gasteiger partial charge in [-0.25, -0.2) is 0 Å². The maximum atomic E-state index is 11.3. The minimum absolute atomic E-state index is 0.0577. The van der Waals surface area contributed by atoms with Crippen LogP contribution < -0.4 is 0 Å². The quantitative estimate of drug-likeness (QED) is 0.602. The third kappa shape index (κ3) is 3.64. The summed E-state index contributed by atoms with van der Waals surface area (Å²) in [5, 5.41) is 23.2. The molecule has 0 bridgehead atoms. The van der Waals surface area contributed by atoms with Crippen LogP contribution in [0.3, 0.4) is 0 Å². The van der Waals surface area contributed by atoms with E-state index in [-0.39, 0.29) is 11.6 Å². The summed E-state index contributed by atoms with van der Waals surface area (Å²) in [5.74, 6) is 0.279. The molecule has 0 spiro atoms. The molecule has 1 atom stereocenters. The van der Waals surface area contributed by atoms with Gasteiger partial charge in [0.2, 0.25) is 5.82 Å². The number of carbonyl (C=O) groups is 1. The fourth-order valence-electron chi connectivity index (χ4n) is 2.37. The SMILES string of the molecule is CC(=O)c1ccc(Cc2cc[nH]c2C=CC(O)c2nn[nH]n2)cc1. The van der Waals surface area contributed by atoms with Crippen molar-refractivity contribution in [3.63, 3.8) is 0 Å². The van der Waals surface area contributed by atoms with Crippen LogP contribution in [0.15, 0.2) is 42.6 Å². The van der Waals surface area contributed by atoms with E-state index in [2.05, 4.69) is 25.6 Å². The summed E-state index contributed by atoms with van der Waals surface area (Å²) in [6.07, 6.45) is 5.04. The van der Waals surface area contributed by atoms with Crippen LogP contribution in [0.25, 0.3) is 6.08 Å². The highest BCUT2D eigenvalue weighted by Crippen LogP contribution is 2.17. The number of aliphatic hydroxyl groups is 1. The number of ketones is 1. The largest absolute Gasteiger partial charge is 0.381 e. The van der Waals surface area contributed by atoms with Gasteiger partial charge in [0.15, 0.2) is 5.78 Å². The first-order valence-corrected chi connectivity index (χ1v) is 7.49. The lowest BCUT2D eigenvalue weighted by molar-refractivity contribution is 0.101. The fourth-order valence-corrected chi connectivity index (χ4v) is 2.37. The normalized spacial score (nSPS) is 12.6. The Morgan fingerprint density at radius 2 is 2.08 bits per heavy atom. The number of aromatic nitrogens is 5. The Bertz CT molecular complexity index is 834. The molecule has 0 amide bonds. The Morgan fingerprint density at radius 3 is 2.75 bits per heavy atom. The van der Waals surface area contributed by atoms with Crippen LogP contribution in [0.2, 0.25) is 0 Å². The van der Waals surface area contributed by atoms with Gasteiger partial charge < -0.3 is 10.1 Å². The van der Waals surface area contributed by atoms with E-state index >= 15 is 0 Å². The predicted molar refractivity (Wildman–Crippen MR) is 88.2 cm³/mol. The van der Waals surface area contributed by atoms with Gasteiger partial charge in [0.05, 0.1) is 0 Å². The molecule has 2 heterocycles. The number of aromatic amines is 2. The first kappa shape index (κ1) is 15.8.